The molecule has 1 saturated heterocycles. The van der Waals surface area contributed by atoms with Crippen LogP contribution in [0.25, 0.3) is 0 Å². The molecule has 2 heterocycles. The molecule has 33 heavy (non-hydrogen) atoms. The number of likely N-dealkylation sites (tertiary alicyclic amines) is 1. The number of aromatic nitrogens is 1. The smallest absolute Gasteiger partial charge is 0.222 e. The average molecular weight is 553 g/mol. The summed E-state index contributed by atoms with van der Waals surface area (Å²) in [5.41, 5.74) is 4.69. The molecule has 1 atom stereocenters. The maximum atomic E-state index is 12.7. The van der Waals surface area contributed by atoms with Gasteiger partial charge in [-0.2, -0.15) is 0 Å². The summed E-state index contributed by atoms with van der Waals surface area (Å²) in [6, 6.07) is 6.06. The van der Waals surface area contributed by atoms with E-state index in [1.54, 1.807) is 0 Å². The van der Waals surface area contributed by atoms with Gasteiger partial charge in [-0.3, -0.25) is 14.6 Å². The number of benzene rings is 1. The van der Waals surface area contributed by atoms with Crippen molar-refractivity contribution in [2.24, 2.45) is 5.92 Å². The van der Waals surface area contributed by atoms with E-state index in [-0.39, 0.29) is 17.7 Å². The zero-order valence-electron chi connectivity index (χ0n) is 18.7. The summed E-state index contributed by atoms with van der Waals surface area (Å²) < 4.78 is 0.981. The molecule has 0 spiro atoms. The molecule has 1 unspecified atom stereocenters. The van der Waals surface area contributed by atoms with Gasteiger partial charge < -0.3 is 10.2 Å². The van der Waals surface area contributed by atoms with E-state index in [4.69, 9.17) is 28.2 Å². The average Bonchev–Trinajstić information content (AvgIpc) is 2.93. The number of rotatable bonds is 5. The number of halogens is 3. The summed E-state index contributed by atoms with van der Waals surface area (Å²) in [5.74, 6) is 0.531. The molecular formula is C25H28BrCl2N3O2. The summed E-state index contributed by atoms with van der Waals surface area (Å²) in [4.78, 5) is 30.5. The first-order valence-electron chi connectivity index (χ1n) is 11.5. The van der Waals surface area contributed by atoms with Crippen LogP contribution in [-0.2, 0) is 22.4 Å². The zero-order valence-corrected chi connectivity index (χ0v) is 21.8. The Morgan fingerprint density at radius 1 is 1.15 bits per heavy atom. The fraction of sp³-hybridized carbons (Fsp3) is 0.480. The highest BCUT2D eigenvalue weighted by Gasteiger charge is 2.36. The molecule has 0 bridgehead atoms. The van der Waals surface area contributed by atoms with Gasteiger partial charge in [0, 0.05) is 59.6 Å². The minimum Gasteiger partial charge on any atom is -0.356 e. The van der Waals surface area contributed by atoms with Crippen molar-refractivity contribution in [3.63, 3.8) is 0 Å². The van der Waals surface area contributed by atoms with Crippen molar-refractivity contribution in [3.8, 4) is 0 Å². The molecule has 1 fully saturated rings. The van der Waals surface area contributed by atoms with Crippen molar-refractivity contribution in [1.82, 2.24) is 15.2 Å². The first-order valence-corrected chi connectivity index (χ1v) is 13.0. The van der Waals surface area contributed by atoms with E-state index in [0.717, 1.165) is 54.5 Å². The molecule has 4 rings (SSSR count). The number of hydrogen-bond donors (Lipinski definition) is 1. The summed E-state index contributed by atoms with van der Waals surface area (Å²) in [6.07, 6.45) is 6.57. The highest BCUT2D eigenvalue weighted by Crippen LogP contribution is 2.46. The van der Waals surface area contributed by atoms with Gasteiger partial charge in [-0.1, -0.05) is 23.2 Å². The van der Waals surface area contributed by atoms with Crippen molar-refractivity contribution in [2.75, 3.05) is 19.6 Å². The van der Waals surface area contributed by atoms with Crippen molar-refractivity contribution < 1.29 is 9.59 Å². The van der Waals surface area contributed by atoms with E-state index in [2.05, 4.69) is 27.3 Å². The molecule has 2 amide bonds. The summed E-state index contributed by atoms with van der Waals surface area (Å²) >= 11 is 16.7. The summed E-state index contributed by atoms with van der Waals surface area (Å²) in [5, 5.41) is 4.12. The molecule has 1 N–H and O–H groups in total. The number of fused-ring (bicyclic) bond motifs is 2. The Morgan fingerprint density at radius 2 is 1.88 bits per heavy atom. The van der Waals surface area contributed by atoms with Crippen molar-refractivity contribution in [1.29, 1.82) is 0 Å². The van der Waals surface area contributed by atoms with E-state index in [1.165, 1.54) is 18.1 Å². The third kappa shape index (κ3) is 5.72. The lowest BCUT2D eigenvalue weighted by atomic mass is 9.76. The van der Waals surface area contributed by atoms with Gasteiger partial charge in [0.15, 0.2) is 0 Å². The SMILES string of the molecule is CC(=O)NCCCC(=O)N1CCC(C2c3ncc(Br)cc3CCc3cc(Cl)cc(Cl)c32)CC1. The van der Waals surface area contributed by atoms with Crippen LogP contribution in [0.4, 0.5) is 0 Å². The quantitative estimate of drug-likeness (QED) is 0.495. The van der Waals surface area contributed by atoms with Crippen LogP contribution in [0, 0.1) is 5.92 Å². The van der Waals surface area contributed by atoms with Crippen LogP contribution in [0.2, 0.25) is 10.0 Å². The molecule has 8 heteroatoms. The summed E-state index contributed by atoms with van der Waals surface area (Å²) in [6.45, 7) is 3.48. The Morgan fingerprint density at radius 3 is 2.61 bits per heavy atom. The van der Waals surface area contributed by atoms with Gasteiger partial charge in [0.1, 0.15) is 0 Å². The molecular weight excluding hydrogens is 525 g/mol. The number of amides is 2. The fourth-order valence-corrected chi connectivity index (χ4v) is 6.21. The van der Waals surface area contributed by atoms with Crippen LogP contribution >= 0.6 is 39.1 Å². The predicted octanol–water partition coefficient (Wildman–Crippen LogP) is 5.54. The van der Waals surface area contributed by atoms with E-state index in [1.807, 2.05) is 23.2 Å². The molecule has 2 aliphatic rings. The Hall–Kier alpha value is -1.63. The predicted molar refractivity (Wildman–Crippen MR) is 135 cm³/mol. The lowest BCUT2D eigenvalue weighted by Crippen LogP contribution is -2.40. The number of pyridine rings is 1. The Bertz CT molecular complexity index is 1050. The molecule has 176 valence electrons. The molecule has 0 saturated carbocycles. The van der Waals surface area contributed by atoms with Gasteiger partial charge in [-0.25, -0.2) is 0 Å². The standard InChI is InChI=1S/C25H28BrCl2N3O2/c1-15(32)29-8-2-3-22(33)31-9-6-16(7-10-31)24-23-17(12-20(27)13-21(23)28)4-5-18-11-19(26)14-30-25(18)24/h11-14,16,24H,2-10H2,1H3,(H,29,32). The normalized spacial score (nSPS) is 18.3. The van der Waals surface area contributed by atoms with Crippen LogP contribution in [0.1, 0.15) is 60.9 Å². The Balaban J connectivity index is 1.53. The Labute approximate surface area is 213 Å². The number of aryl methyl sites for hydroxylation is 2. The van der Waals surface area contributed by atoms with E-state index >= 15 is 0 Å². The maximum absolute atomic E-state index is 12.7. The molecule has 1 aliphatic heterocycles. The number of carbonyl (C=O) groups is 2. The molecule has 2 aromatic rings. The largest absolute Gasteiger partial charge is 0.356 e. The highest BCUT2D eigenvalue weighted by molar-refractivity contribution is 9.10. The molecule has 0 radical (unpaired) electrons. The van der Waals surface area contributed by atoms with Crippen molar-refractivity contribution >= 4 is 50.9 Å². The lowest BCUT2D eigenvalue weighted by Gasteiger charge is -2.37. The fourth-order valence-electron chi connectivity index (χ4n) is 5.17. The maximum Gasteiger partial charge on any atom is 0.222 e. The van der Waals surface area contributed by atoms with Gasteiger partial charge in [-0.05, 0) is 88.8 Å². The third-order valence-electron chi connectivity index (χ3n) is 6.72. The number of piperidine rings is 1. The van der Waals surface area contributed by atoms with E-state index in [0.29, 0.717) is 35.3 Å². The topological polar surface area (TPSA) is 62.3 Å². The number of carbonyl (C=O) groups excluding carboxylic acids is 2. The minimum atomic E-state index is -0.0622. The van der Waals surface area contributed by atoms with E-state index < -0.39 is 0 Å². The summed E-state index contributed by atoms with van der Waals surface area (Å²) in [7, 11) is 0. The second-order valence-corrected chi connectivity index (χ2v) is 10.7. The van der Waals surface area contributed by atoms with Crippen LogP contribution in [-0.4, -0.2) is 41.3 Å². The van der Waals surface area contributed by atoms with Crippen LogP contribution < -0.4 is 5.32 Å². The Kier molecular flexibility index (Phi) is 7.98. The van der Waals surface area contributed by atoms with Crippen LogP contribution in [0.15, 0.2) is 28.9 Å². The van der Waals surface area contributed by atoms with Gasteiger partial charge >= 0.3 is 0 Å². The van der Waals surface area contributed by atoms with Crippen LogP contribution in [0.5, 0.6) is 0 Å². The third-order valence-corrected chi connectivity index (χ3v) is 7.69. The number of hydrogen-bond acceptors (Lipinski definition) is 3. The molecule has 1 aliphatic carbocycles. The van der Waals surface area contributed by atoms with E-state index in [9.17, 15) is 9.59 Å². The highest BCUT2D eigenvalue weighted by atomic mass is 79.9. The molecule has 5 nitrogen and oxygen atoms in total. The van der Waals surface area contributed by atoms with Gasteiger partial charge in [0.2, 0.25) is 11.8 Å². The number of nitrogens with zero attached hydrogens (tertiary/aromatic N) is 2. The van der Waals surface area contributed by atoms with Gasteiger partial charge in [-0.15, -0.1) is 0 Å². The van der Waals surface area contributed by atoms with Crippen molar-refractivity contribution in [2.45, 2.75) is 51.4 Å². The lowest BCUT2D eigenvalue weighted by molar-refractivity contribution is -0.133. The zero-order chi connectivity index (χ0) is 23.5. The second kappa shape index (κ2) is 10.7. The van der Waals surface area contributed by atoms with Gasteiger partial charge in [0.25, 0.3) is 0 Å². The molecule has 1 aromatic heterocycles. The van der Waals surface area contributed by atoms with Crippen LogP contribution in [0.3, 0.4) is 0 Å². The van der Waals surface area contributed by atoms with Gasteiger partial charge in [0.05, 0.1) is 5.69 Å². The van der Waals surface area contributed by atoms with Crippen molar-refractivity contribution in [3.05, 3.63) is 61.3 Å². The second-order valence-electron chi connectivity index (χ2n) is 8.94. The number of nitrogens with one attached hydrogen (secondary N) is 1. The first kappa shape index (κ1) is 24.5. The minimum absolute atomic E-state index is 0.0622. The molecule has 1 aromatic carbocycles. The first-order chi connectivity index (χ1) is 15.8. The monoisotopic (exact) mass is 551 g/mol.